The van der Waals surface area contributed by atoms with Crippen molar-refractivity contribution in [2.24, 2.45) is 0 Å². The van der Waals surface area contributed by atoms with Gasteiger partial charge in [-0.2, -0.15) is 0 Å². The molecule has 0 saturated heterocycles. The van der Waals surface area contributed by atoms with E-state index >= 15 is 0 Å². The lowest BCUT2D eigenvalue weighted by atomic mass is 10.1. The standard InChI is InChI=1S/C20H24N2O4/c1-4-25-19(23)17-14-16(21-20(24)22(2)3)10-11-18(17)26-13-12-15-8-6-5-7-9-15/h5-11,14H,4,12-13H2,1-3H3,(H,21,24). The van der Waals surface area contributed by atoms with Crippen LogP contribution in [0.1, 0.15) is 22.8 Å². The number of rotatable bonds is 7. The number of carbonyl (C=O) groups is 2. The highest BCUT2D eigenvalue weighted by Crippen LogP contribution is 2.24. The van der Waals surface area contributed by atoms with Gasteiger partial charge in [-0.05, 0) is 30.7 Å². The summed E-state index contributed by atoms with van der Waals surface area (Å²) in [6.07, 6.45) is 0.724. The SMILES string of the molecule is CCOC(=O)c1cc(NC(=O)N(C)C)ccc1OCCc1ccccc1. The van der Waals surface area contributed by atoms with Crippen LogP contribution in [-0.4, -0.2) is 44.2 Å². The first-order valence-corrected chi connectivity index (χ1v) is 8.47. The van der Waals surface area contributed by atoms with Crippen molar-refractivity contribution in [3.05, 3.63) is 59.7 Å². The molecule has 26 heavy (non-hydrogen) atoms. The molecule has 2 rings (SSSR count). The summed E-state index contributed by atoms with van der Waals surface area (Å²) in [6, 6.07) is 14.6. The van der Waals surface area contributed by atoms with Gasteiger partial charge in [0, 0.05) is 26.2 Å². The van der Waals surface area contributed by atoms with Crippen LogP contribution in [0.4, 0.5) is 10.5 Å². The van der Waals surface area contributed by atoms with Gasteiger partial charge >= 0.3 is 12.0 Å². The summed E-state index contributed by atoms with van der Waals surface area (Å²) in [5, 5.41) is 2.71. The molecule has 2 aromatic carbocycles. The van der Waals surface area contributed by atoms with E-state index in [1.165, 1.54) is 4.90 Å². The lowest BCUT2D eigenvalue weighted by Gasteiger charge is -2.15. The first kappa shape index (κ1) is 19.3. The molecule has 0 aliphatic rings. The van der Waals surface area contributed by atoms with Crippen molar-refractivity contribution in [2.75, 3.05) is 32.6 Å². The van der Waals surface area contributed by atoms with Crippen LogP contribution < -0.4 is 10.1 Å². The van der Waals surface area contributed by atoms with Crippen LogP contribution in [0.3, 0.4) is 0 Å². The minimum atomic E-state index is -0.483. The molecule has 2 aromatic rings. The maximum Gasteiger partial charge on any atom is 0.341 e. The summed E-state index contributed by atoms with van der Waals surface area (Å²) in [7, 11) is 3.28. The number of carbonyl (C=O) groups excluding carboxylic acids is 2. The van der Waals surface area contributed by atoms with Crippen molar-refractivity contribution in [3.63, 3.8) is 0 Å². The lowest BCUT2D eigenvalue weighted by molar-refractivity contribution is 0.0521. The summed E-state index contributed by atoms with van der Waals surface area (Å²) >= 11 is 0. The molecule has 6 nitrogen and oxygen atoms in total. The molecule has 138 valence electrons. The number of hydrogen-bond donors (Lipinski definition) is 1. The fraction of sp³-hybridized carbons (Fsp3) is 0.300. The zero-order valence-corrected chi connectivity index (χ0v) is 15.3. The van der Waals surface area contributed by atoms with E-state index in [1.807, 2.05) is 30.3 Å². The smallest absolute Gasteiger partial charge is 0.341 e. The zero-order valence-electron chi connectivity index (χ0n) is 15.3. The van der Waals surface area contributed by atoms with Gasteiger partial charge in [0.2, 0.25) is 0 Å². The van der Waals surface area contributed by atoms with Gasteiger partial charge < -0.3 is 19.7 Å². The maximum absolute atomic E-state index is 12.2. The molecule has 0 fully saturated rings. The van der Waals surface area contributed by atoms with Crippen molar-refractivity contribution < 1.29 is 19.1 Å². The predicted octanol–water partition coefficient (Wildman–Crippen LogP) is 3.58. The molecule has 0 atom stereocenters. The highest BCUT2D eigenvalue weighted by Gasteiger charge is 2.16. The third-order valence-corrected chi connectivity index (χ3v) is 3.62. The number of nitrogens with one attached hydrogen (secondary N) is 1. The van der Waals surface area contributed by atoms with E-state index in [0.717, 1.165) is 12.0 Å². The molecule has 0 aliphatic heterocycles. The molecule has 2 amide bonds. The van der Waals surface area contributed by atoms with E-state index in [0.29, 0.717) is 18.0 Å². The topological polar surface area (TPSA) is 67.9 Å². The number of amides is 2. The molecule has 1 N–H and O–H groups in total. The lowest BCUT2D eigenvalue weighted by Crippen LogP contribution is -2.27. The van der Waals surface area contributed by atoms with Crippen LogP contribution in [0.2, 0.25) is 0 Å². The Labute approximate surface area is 153 Å². The Morgan fingerprint density at radius 3 is 2.46 bits per heavy atom. The Kier molecular flexibility index (Phi) is 7.02. The Balaban J connectivity index is 2.12. The monoisotopic (exact) mass is 356 g/mol. The Bertz CT molecular complexity index is 745. The second kappa shape index (κ2) is 9.46. The number of esters is 1. The van der Waals surface area contributed by atoms with Crippen LogP contribution in [0.15, 0.2) is 48.5 Å². The minimum absolute atomic E-state index is 0.260. The predicted molar refractivity (Wildman–Crippen MR) is 101 cm³/mol. The molecular weight excluding hydrogens is 332 g/mol. The fourth-order valence-electron chi connectivity index (χ4n) is 2.26. The van der Waals surface area contributed by atoms with Gasteiger partial charge in [0.05, 0.1) is 13.2 Å². The summed E-state index contributed by atoms with van der Waals surface area (Å²) in [6.45, 7) is 2.43. The highest BCUT2D eigenvalue weighted by molar-refractivity contribution is 5.96. The van der Waals surface area contributed by atoms with Crippen LogP contribution in [-0.2, 0) is 11.2 Å². The Hall–Kier alpha value is -3.02. The average Bonchev–Trinajstić information content (AvgIpc) is 2.63. The van der Waals surface area contributed by atoms with Crippen molar-refractivity contribution in [2.45, 2.75) is 13.3 Å². The normalized spacial score (nSPS) is 10.1. The van der Waals surface area contributed by atoms with Crippen molar-refractivity contribution in [3.8, 4) is 5.75 Å². The highest BCUT2D eigenvalue weighted by atomic mass is 16.5. The molecule has 0 unspecified atom stereocenters. The number of anilines is 1. The fourth-order valence-corrected chi connectivity index (χ4v) is 2.26. The zero-order chi connectivity index (χ0) is 18.9. The molecule has 0 aliphatic carbocycles. The van der Waals surface area contributed by atoms with Gasteiger partial charge in [0.25, 0.3) is 0 Å². The maximum atomic E-state index is 12.2. The molecule has 0 bridgehead atoms. The van der Waals surface area contributed by atoms with Crippen molar-refractivity contribution in [1.82, 2.24) is 4.90 Å². The second-order valence-corrected chi connectivity index (χ2v) is 5.84. The third-order valence-electron chi connectivity index (χ3n) is 3.62. The molecular formula is C20H24N2O4. The first-order valence-electron chi connectivity index (χ1n) is 8.47. The van der Waals surface area contributed by atoms with Crippen LogP contribution in [0.5, 0.6) is 5.75 Å². The molecule has 0 radical (unpaired) electrons. The van der Waals surface area contributed by atoms with Crippen molar-refractivity contribution in [1.29, 1.82) is 0 Å². The van der Waals surface area contributed by atoms with Gasteiger partial charge in [-0.3, -0.25) is 0 Å². The van der Waals surface area contributed by atoms with E-state index in [1.54, 1.807) is 39.2 Å². The number of urea groups is 1. The Morgan fingerprint density at radius 2 is 1.81 bits per heavy atom. The van der Waals surface area contributed by atoms with E-state index in [-0.39, 0.29) is 18.2 Å². The van der Waals surface area contributed by atoms with Gasteiger partial charge in [0.1, 0.15) is 11.3 Å². The number of benzene rings is 2. The van der Waals surface area contributed by atoms with E-state index in [2.05, 4.69) is 5.32 Å². The Morgan fingerprint density at radius 1 is 1.08 bits per heavy atom. The van der Waals surface area contributed by atoms with Crippen molar-refractivity contribution >= 4 is 17.7 Å². The van der Waals surface area contributed by atoms with Gasteiger partial charge in [0.15, 0.2) is 0 Å². The molecule has 6 heteroatoms. The summed E-state index contributed by atoms with van der Waals surface area (Å²) in [5.41, 5.74) is 1.94. The van der Waals surface area contributed by atoms with E-state index in [9.17, 15) is 9.59 Å². The van der Waals surface area contributed by atoms with Crippen LogP contribution in [0.25, 0.3) is 0 Å². The largest absolute Gasteiger partial charge is 0.492 e. The van der Waals surface area contributed by atoms with Gasteiger partial charge in [-0.25, -0.2) is 9.59 Å². The third kappa shape index (κ3) is 5.51. The average molecular weight is 356 g/mol. The first-order chi connectivity index (χ1) is 12.5. The minimum Gasteiger partial charge on any atom is -0.492 e. The summed E-state index contributed by atoms with van der Waals surface area (Å²) in [5.74, 6) is -0.0506. The van der Waals surface area contributed by atoms with Gasteiger partial charge in [-0.1, -0.05) is 30.3 Å². The molecule has 0 heterocycles. The quantitative estimate of drug-likeness (QED) is 0.770. The number of hydrogen-bond acceptors (Lipinski definition) is 4. The molecule has 0 spiro atoms. The van der Waals surface area contributed by atoms with Gasteiger partial charge in [-0.15, -0.1) is 0 Å². The number of nitrogens with zero attached hydrogens (tertiary/aromatic N) is 1. The number of ether oxygens (including phenoxy) is 2. The van der Waals surface area contributed by atoms with Crippen LogP contribution >= 0.6 is 0 Å². The van der Waals surface area contributed by atoms with Crippen LogP contribution in [0, 0.1) is 0 Å². The van der Waals surface area contributed by atoms with E-state index in [4.69, 9.17) is 9.47 Å². The second-order valence-electron chi connectivity index (χ2n) is 5.84. The summed E-state index contributed by atoms with van der Waals surface area (Å²) < 4.78 is 10.9. The molecule has 0 saturated carbocycles. The summed E-state index contributed by atoms with van der Waals surface area (Å²) in [4.78, 5) is 25.5. The van der Waals surface area contributed by atoms with E-state index < -0.39 is 5.97 Å². The molecule has 0 aromatic heterocycles.